The molecule has 214 valence electrons. The molecule has 0 heterocycles. The molecule has 0 bridgehead atoms. The molecule has 0 radical (unpaired) electrons. The van der Waals surface area contributed by atoms with Gasteiger partial charge < -0.3 is 18.9 Å². The Morgan fingerprint density at radius 1 is 0.842 bits per heavy atom. The molecule has 1 aromatic carbocycles. The van der Waals surface area contributed by atoms with Gasteiger partial charge in [0.1, 0.15) is 19.3 Å². The second kappa shape index (κ2) is 21.0. The first-order chi connectivity index (χ1) is 18.2. The van der Waals surface area contributed by atoms with E-state index in [1.54, 1.807) is 0 Å². The van der Waals surface area contributed by atoms with Crippen LogP contribution in [0.1, 0.15) is 44.1 Å². The average Bonchev–Trinajstić information content (AvgIpc) is 2.87. The van der Waals surface area contributed by atoms with Crippen molar-refractivity contribution in [1.29, 1.82) is 0 Å². The van der Waals surface area contributed by atoms with E-state index >= 15 is 0 Å². The number of nitrogens with zero attached hydrogens (tertiary/aromatic N) is 1. The molecule has 0 spiro atoms. The summed E-state index contributed by atoms with van der Waals surface area (Å²) >= 11 is 0. The van der Waals surface area contributed by atoms with E-state index in [0.717, 1.165) is 19.3 Å². The van der Waals surface area contributed by atoms with Crippen molar-refractivity contribution in [3.63, 3.8) is 0 Å². The Hall–Kier alpha value is -1.83. The number of hydrogen-bond donors (Lipinski definition) is 1. The standard InChI is InChI=1S/C30H48NO6P/c1-31(2,3)24-26-36-38(32,33)37-28-30(34-4)27-35-25-20-15-13-11-9-7-5-6-8-10-12-14-17-21-29-22-18-16-19-23-29/h5-6,8,10,12,14,16-19,21-23,30H,7,9,11,13,15,20,24-28H2,1-4H3/p+1/b6-5+,10-8+,14-12+,21-17+. The first-order valence-electron chi connectivity index (χ1n) is 13.5. The van der Waals surface area contributed by atoms with E-state index in [1.807, 2.05) is 63.6 Å². The van der Waals surface area contributed by atoms with Crippen molar-refractivity contribution >= 4 is 13.9 Å². The number of likely N-dealkylation sites (N-methyl/N-ethyl adjacent to an activating group) is 1. The molecule has 1 N–H and O–H groups in total. The Morgan fingerprint density at radius 3 is 2.21 bits per heavy atom. The summed E-state index contributed by atoms with van der Waals surface area (Å²) < 4.78 is 33.6. The van der Waals surface area contributed by atoms with E-state index < -0.39 is 13.9 Å². The minimum absolute atomic E-state index is 0.0566. The number of rotatable bonds is 22. The Labute approximate surface area is 230 Å². The molecule has 0 aromatic heterocycles. The lowest BCUT2D eigenvalue weighted by molar-refractivity contribution is -0.870. The summed E-state index contributed by atoms with van der Waals surface area (Å²) in [5.41, 5.74) is 1.20. The fourth-order valence-electron chi connectivity index (χ4n) is 3.20. The Kier molecular flexibility index (Phi) is 18.9. The van der Waals surface area contributed by atoms with Crippen LogP contribution in [0.15, 0.2) is 72.9 Å². The molecule has 0 fully saturated rings. The van der Waals surface area contributed by atoms with Crippen LogP contribution < -0.4 is 0 Å². The number of methoxy groups -OCH3 is 1. The third kappa shape index (κ3) is 21.1. The van der Waals surface area contributed by atoms with Gasteiger partial charge in [0.2, 0.25) is 0 Å². The second-order valence-corrected chi connectivity index (χ2v) is 11.5. The highest BCUT2D eigenvalue weighted by atomic mass is 31.2. The fourth-order valence-corrected chi connectivity index (χ4v) is 3.94. The van der Waals surface area contributed by atoms with E-state index in [9.17, 15) is 9.46 Å². The third-order valence-electron chi connectivity index (χ3n) is 5.52. The summed E-state index contributed by atoms with van der Waals surface area (Å²) in [4.78, 5) is 9.80. The normalized spacial score (nSPS) is 15.3. The van der Waals surface area contributed by atoms with Crippen molar-refractivity contribution in [3.05, 3.63) is 78.4 Å². The van der Waals surface area contributed by atoms with E-state index in [0.29, 0.717) is 24.2 Å². The van der Waals surface area contributed by atoms with Gasteiger partial charge >= 0.3 is 7.82 Å². The van der Waals surface area contributed by atoms with Crippen molar-refractivity contribution in [2.24, 2.45) is 0 Å². The predicted molar refractivity (Wildman–Crippen MR) is 157 cm³/mol. The Morgan fingerprint density at radius 2 is 1.50 bits per heavy atom. The van der Waals surface area contributed by atoms with Crippen LogP contribution in [0, 0.1) is 0 Å². The van der Waals surface area contributed by atoms with Gasteiger partial charge in [-0.1, -0.05) is 98.2 Å². The van der Waals surface area contributed by atoms with Crippen molar-refractivity contribution in [2.75, 3.05) is 61.2 Å². The van der Waals surface area contributed by atoms with Crippen LogP contribution in [0.25, 0.3) is 6.08 Å². The van der Waals surface area contributed by atoms with E-state index in [2.05, 4.69) is 36.4 Å². The molecule has 2 unspecified atom stereocenters. The van der Waals surface area contributed by atoms with Crippen LogP contribution >= 0.6 is 7.82 Å². The summed E-state index contributed by atoms with van der Waals surface area (Å²) in [6.07, 6.45) is 22.9. The molecule has 0 saturated heterocycles. The zero-order chi connectivity index (χ0) is 28.0. The molecule has 0 aliphatic heterocycles. The van der Waals surface area contributed by atoms with E-state index in [1.165, 1.54) is 31.9 Å². The molecule has 0 aliphatic carbocycles. The molecule has 0 aliphatic rings. The summed E-state index contributed by atoms with van der Waals surface area (Å²) in [6, 6.07) is 10.3. The number of phosphoric acid groups is 1. The molecular weight excluding hydrogens is 501 g/mol. The van der Waals surface area contributed by atoms with Gasteiger partial charge in [0.05, 0.1) is 34.4 Å². The minimum Gasteiger partial charge on any atom is -0.379 e. The van der Waals surface area contributed by atoms with Gasteiger partial charge in [-0.25, -0.2) is 4.57 Å². The predicted octanol–water partition coefficient (Wildman–Crippen LogP) is 6.58. The lowest BCUT2D eigenvalue weighted by Gasteiger charge is -2.24. The number of phosphoric ester groups is 1. The van der Waals surface area contributed by atoms with Gasteiger partial charge in [0, 0.05) is 13.7 Å². The molecule has 8 heteroatoms. The van der Waals surface area contributed by atoms with Gasteiger partial charge in [0.15, 0.2) is 0 Å². The van der Waals surface area contributed by atoms with Crippen LogP contribution in [-0.4, -0.2) is 76.7 Å². The largest absolute Gasteiger partial charge is 0.472 e. The van der Waals surface area contributed by atoms with E-state index in [4.69, 9.17) is 18.5 Å². The smallest absolute Gasteiger partial charge is 0.379 e. The van der Waals surface area contributed by atoms with Crippen LogP contribution in [0.3, 0.4) is 0 Å². The number of allylic oxidation sites excluding steroid dienone is 7. The number of quaternary nitrogens is 1. The topological polar surface area (TPSA) is 74.2 Å². The molecule has 1 aromatic rings. The number of ether oxygens (including phenoxy) is 2. The molecule has 0 saturated carbocycles. The van der Waals surface area contributed by atoms with Crippen molar-refractivity contribution in [3.8, 4) is 0 Å². The maximum Gasteiger partial charge on any atom is 0.472 e. The van der Waals surface area contributed by atoms with Crippen molar-refractivity contribution < 1.29 is 32.5 Å². The SMILES string of the molecule is COC(COCCCCCCC/C=C/C=C/C=C/C=C/c1ccccc1)COP(=O)(O)OCC[N+](C)(C)C. The lowest BCUT2D eigenvalue weighted by Crippen LogP contribution is -2.37. The van der Waals surface area contributed by atoms with Crippen molar-refractivity contribution in [2.45, 2.75) is 44.6 Å². The van der Waals surface area contributed by atoms with Gasteiger partial charge in [-0.2, -0.15) is 0 Å². The summed E-state index contributed by atoms with van der Waals surface area (Å²) in [5.74, 6) is 0. The lowest BCUT2D eigenvalue weighted by atomic mass is 10.1. The fraction of sp³-hybridized carbons (Fsp3) is 0.533. The molecule has 38 heavy (non-hydrogen) atoms. The Bertz CT molecular complexity index is 876. The summed E-state index contributed by atoms with van der Waals surface area (Å²) in [6.45, 7) is 1.63. The quantitative estimate of drug-likeness (QED) is 0.0761. The van der Waals surface area contributed by atoms with Crippen LogP contribution in [0.2, 0.25) is 0 Å². The van der Waals surface area contributed by atoms with Gasteiger partial charge in [-0.05, 0) is 24.8 Å². The number of hydrogen-bond acceptors (Lipinski definition) is 5. The van der Waals surface area contributed by atoms with Crippen LogP contribution in [-0.2, 0) is 23.1 Å². The average molecular weight is 551 g/mol. The third-order valence-corrected chi connectivity index (χ3v) is 6.50. The molecular formula is C30H49NO6P+. The first kappa shape index (κ1) is 34.2. The van der Waals surface area contributed by atoms with Gasteiger partial charge in [-0.15, -0.1) is 0 Å². The molecule has 7 nitrogen and oxygen atoms in total. The molecule has 0 amide bonds. The molecule has 1 rings (SSSR count). The second-order valence-electron chi connectivity index (χ2n) is 10.1. The minimum atomic E-state index is -4.09. The van der Waals surface area contributed by atoms with Crippen LogP contribution in [0.5, 0.6) is 0 Å². The number of unbranched alkanes of at least 4 members (excludes halogenated alkanes) is 5. The van der Waals surface area contributed by atoms with Gasteiger partial charge in [0.25, 0.3) is 0 Å². The highest BCUT2D eigenvalue weighted by Crippen LogP contribution is 2.43. The highest BCUT2D eigenvalue weighted by molar-refractivity contribution is 7.47. The monoisotopic (exact) mass is 550 g/mol. The highest BCUT2D eigenvalue weighted by Gasteiger charge is 2.24. The maximum absolute atomic E-state index is 12.0. The molecule has 2 atom stereocenters. The van der Waals surface area contributed by atoms with E-state index in [-0.39, 0.29) is 13.2 Å². The summed E-state index contributed by atoms with van der Waals surface area (Å²) in [5, 5.41) is 0. The Balaban J connectivity index is 1.99. The zero-order valence-corrected chi connectivity index (χ0v) is 24.6. The first-order valence-corrected chi connectivity index (χ1v) is 15.0. The van der Waals surface area contributed by atoms with Crippen molar-refractivity contribution in [1.82, 2.24) is 0 Å². The summed E-state index contributed by atoms with van der Waals surface area (Å²) in [7, 11) is 3.38. The zero-order valence-electron chi connectivity index (χ0n) is 23.7. The van der Waals surface area contributed by atoms with Crippen LogP contribution in [0.4, 0.5) is 0 Å². The maximum atomic E-state index is 12.0. The number of benzene rings is 1. The van der Waals surface area contributed by atoms with Gasteiger partial charge in [-0.3, -0.25) is 9.05 Å².